The van der Waals surface area contributed by atoms with Crippen molar-refractivity contribution in [2.45, 2.75) is 25.7 Å². The van der Waals surface area contributed by atoms with Crippen molar-refractivity contribution in [3.63, 3.8) is 0 Å². The third-order valence-electron chi connectivity index (χ3n) is 2.47. The van der Waals surface area contributed by atoms with E-state index in [9.17, 15) is 9.18 Å². The van der Waals surface area contributed by atoms with E-state index < -0.39 is 19.9 Å². The number of carbonyl (C=O) groups is 1. The highest BCUT2D eigenvalue weighted by Gasteiger charge is 2.12. The van der Waals surface area contributed by atoms with Gasteiger partial charge in [0.15, 0.2) is 18.4 Å². The third-order valence-corrected chi connectivity index (χ3v) is 4.18. The topological polar surface area (TPSA) is 55.8 Å². The molecule has 0 bridgehead atoms. The molecule has 1 rings (SSSR count). The van der Waals surface area contributed by atoms with Gasteiger partial charge in [-0.25, -0.2) is 9.18 Å². The van der Waals surface area contributed by atoms with Crippen molar-refractivity contribution in [1.82, 2.24) is 0 Å². The van der Waals surface area contributed by atoms with Crippen LogP contribution in [0.15, 0.2) is 18.2 Å². The molecule has 0 saturated carbocycles. The molecule has 0 spiro atoms. The van der Waals surface area contributed by atoms with Gasteiger partial charge in [-0.05, 0) is 24.2 Å². The van der Waals surface area contributed by atoms with E-state index in [4.69, 9.17) is 14.6 Å². The summed E-state index contributed by atoms with van der Waals surface area (Å²) in [6, 6.07) is 4.53. The Kier molecular flexibility index (Phi) is 5.50. The molecule has 0 saturated heterocycles. The van der Waals surface area contributed by atoms with E-state index >= 15 is 0 Å². The first-order valence-corrected chi connectivity index (χ1v) is 9.74. The van der Waals surface area contributed by atoms with Gasteiger partial charge in [0.2, 0.25) is 0 Å². The molecule has 0 heterocycles. The van der Waals surface area contributed by atoms with Crippen molar-refractivity contribution in [2.24, 2.45) is 0 Å². The summed E-state index contributed by atoms with van der Waals surface area (Å²) < 4.78 is 23.9. The van der Waals surface area contributed by atoms with Gasteiger partial charge in [0.05, 0.1) is 5.56 Å². The molecule has 0 amide bonds. The van der Waals surface area contributed by atoms with Crippen LogP contribution in [0.1, 0.15) is 10.4 Å². The van der Waals surface area contributed by atoms with Crippen molar-refractivity contribution < 1.29 is 23.8 Å². The largest absolute Gasteiger partial charge is 0.478 e. The minimum absolute atomic E-state index is 0.00185. The summed E-state index contributed by atoms with van der Waals surface area (Å²) >= 11 is 0. The standard InChI is InChI=1S/C13H19FO4Si/c1-19(2,3)7-6-17-9-18-12-5-4-10(13(15)16)8-11(12)14/h4-5,8H,6-7,9H2,1-3H3,(H,15,16). The van der Waals surface area contributed by atoms with Crippen LogP contribution in [0.3, 0.4) is 0 Å². The number of aromatic carboxylic acids is 1. The number of carboxylic acid groups (broad SMARTS) is 1. The van der Waals surface area contributed by atoms with Crippen molar-refractivity contribution >= 4 is 14.0 Å². The van der Waals surface area contributed by atoms with E-state index in [1.54, 1.807) is 0 Å². The van der Waals surface area contributed by atoms with Crippen LogP contribution in [0, 0.1) is 5.82 Å². The first kappa shape index (κ1) is 15.7. The van der Waals surface area contributed by atoms with Crippen LogP contribution < -0.4 is 4.74 Å². The zero-order chi connectivity index (χ0) is 14.5. The van der Waals surface area contributed by atoms with Gasteiger partial charge in [-0.2, -0.15) is 0 Å². The van der Waals surface area contributed by atoms with Crippen LogP contribution in [0.5, 0.6) is 5.75 Å². The minimum atomic E-state index is -1.17. The second kappa shape index (κ2) is 6.67. The second-order valence-corrected chi connectivity index (χ2v) is 11.1. The molecule has 0 aliphatic rings. The van der Waals surface area contributed by atoms with Gasteiger partial charge in [-0.15, -0.1) is 0 Å². The van der Waals surface area contributed by atoms with Gasteiger partial charge in [0.25, 0.3) is 0 Å². The van der Waals surface area contributed by atoms with Crippen LogP contribution in [0.2, 0.25) is 25.7 Å². The lowest BCUT2D eigenvalue weighted by atomic mass is 10.2. The Balaban J connectivity index is 2.40. The van der Waals surface area contributed by atoms with Crippen LogP contribution in [0.4, 0.5) is 4.39 Å². The number of rotatable bonds is 7. The smallest absolute Gasteiger partial charge is 0.335 e. The number of carboxylic acids is 1. The first-order chi connectivity index (χ1) is 8.79. The highest BCUT2D eigenvalue weighted by atomic mass is 28.3. The van der Waals surface area contributed by atoms with Crippen LogP contribution in [-0.2, 0) is 4.74 Å². The maximum atomic E-state index is 13.5. The SMILES string of the molecule is C[Si](C)(C)CCOCOc1ccc(C(=O)O)cc1F. The average Bonchev–Trinajstić information content (AvgIpc) is 2.28. The Morgan fingerprint density at radius 1 is 1.37 bits per heavy atom. The molecule has 1 aromatic rings. The summed E-state index contributed by atoms with van der Waals surface area (Å²) in [5, 5.41) is 8.69. The molecule has 0 aromatic heterocycles. The summed E-state index contributed by atoms with van der Waals surface area (Å²) in [6.07, 6.45) is 0. The minimum Gasteiger partial charge on any atom is -0.478 e. The van der Waals surface area contributed by atoms with Crippen molar-refractivity contribution in [3.8, 4) is 5.75 Å². The first-order valence-electron chi connectivity index (χ1n) is 6.03. The summed E-state index contributed by atoms with van der Waals surface area (Å²) in [5.41, 5.74) is -0.107. The van der Waals surface area contributed by atoms with Crippen molar-refractivity contribution in [3.05, 3.63) is 29.6 Å². The monoisotopic (exact) mass is 286 g/mol. The second-order valence-electron chi connectivity index (χ2n) is 5.43. The molecular weight excluding hydrogens is 267 g/mol. The summed E-state index contributed by atoms with van der Waals surface area (Å²) in [5.74, 6) is -1.87. The molecule has 0 aliphatic heterocycles. The summed E-state index contributed by atoms with van der Waals surface area (Å²) in [4.78, 5) is 10.6. The molecule has 0 aliphatic carbocycles. The molecule has 19 heavy (non-hydrogen) atoms. The predicted octanol–water partition coefficient (Wildman–Crippen LogP) is 3.22. The van der Waals surface area contributed by atoms with Gasteiger partial charge < -0.3 is 14.6 Å². The lowest BCUT2D eigenvalue weighted by Gasteiger charge is -2.15. The van der Waals surface area contributed by atoms with Crippen LogP contribution in [0.25, 0.3) is 0 Å². The lowest BCUT2D eigenvalue weighted by molar-refractivity contribution is 0.0197. The third kappa shape index (κ3) is 5.85. The Labute approximate surface area is 113 Å². The van der Waals surface area contributed by atoms with Crippen molar-refractivity contribution in [2.75, 3.05) is 13.4 Å². The highest BCUT2D eigenvalue weighted by molar-refractivity contribution is 6.76. The highest BCUT2D eigenvalue weighted by Crippen LogP contribution is 2.18. The molecule has 6 heteroatoms. The van der Waals surface area contributed by atoms with E-state index in [0.29, 0.717) is 6.61 Å². The number of hydrogen-bond acceptors (Lipinski definition) is 3. The molecule has 4 nitrogen and oxygen atoms in total. The Hall–Kier alpha value is -1.40. The van der Waals surface area contributed by atoms with E-state index in [1.807, 2.05) is 0 Å². The fourth-order valence-electron chi connectivity index (χ4n) is 1.29. The van der Waals surface area contributed by atoms with Crippen LogP contribution in [-0.4, -0.2) is 32.5 Å². The number of benzene rings is 1. The van der Waals surface area contributed by atoms with Gasteiger partial charge in [0.1, 0.15) is 0 Å². The summed E-state index contributed by atoms with van der Waals surface area (Å²) in [6.45, 7) is 7.27. The normalized spacial score (nSPS) is 11.4. The predicted molar refractivity (Wildman–Crippen MR) is 73.0 cm³/mol. The summed E-state index contributed by atoms with van der Waals surface area (Å²) in [7, 11) is -1.14. The van der Waals surface area contributed by atoms with Gasteiger partial charge in [-0.1, -0.05) is 19.6 Å². The molecular formula is C13H19FO4Si. The Morgan fingerprint density at radius 2 is 2.05 bits per heavy atom. The molecule has 106 valence electrons. The molecule has 1 N–H and O–H groups in total. The van der Waals surface area contributed by atoms with Gasteiger partial charge in [-0.3, -0.25) is 0 Å². The number of hydrogen-bond donors (Lipinski definition) is 1. The number of ether oxygens (including phenoxy) is 2. The maximum Gasteiger partial charge on any atom is 0.335 e. The fourth-order valence-corrected chi connectivity index (χ4v) is 2.05. The van der Waals surface area contributed by atoms with E-state index in [0.717, 1.165) is 12.1 Å². The lowest BCUT2D eigenvalue weighted by Crippen LogP contribution is -2.22. The quantitative estimate of drug-likeness (QED) is 0.475. The number of halogens is 1. The molecule has 0 fully saturated rings. The zero-order valence-corrected chi connectivity index (χ0v) is 12.4. The Bertz CT molecular complexity index is 443. The Morgan fingerprint density at radius 3 is 2.58 bits per heavy atom. The zero-order valence-electron chi connectivity index (χ0n) is 11.4. The fraction of sp³-hybridized carbons (Fsp3) is 0.462. The molecule has 0 atom stereocenters. The average molecular weight is 286 g/mol. The van der Waals surface area contributed by atoms with Crippen LogP contribution >= 0.6 is 0 Å². The van der Waals surface area contributed by atoms with E-state index in [2.05, 4.69) is 19.6 Å². The molecule has 0 unspecified atom stereocenters. The van der Waals surface area contributed by atoms with Gasteiger partial charge in [0, 0.05) is 14.7 Å². The van der Waals surface area contributed by atoms with E-state index in [-0.39, 0.29) is 18.1 Å². The maximum absolute atomic E-state index is 13.5. The molecule has 0 radical (unpaired) electrons. The van der Waals surface area contributed by atoms with Crippen molar-refractivity contribution in [1.29, 1.82) is 0 Å². The molecule has 1 aromatic carbocycles. The van der Waals surface area contributed by atoms with Gasteiger partial charge >= 0.3 is 5.97 Å². The van der Waals surface area contributed by atoms with E-state index in [1.165, 1.54) is 12.1 Å².